The van der Waals surface area contributed by atoms with Crippen molar-refractivity contribution >= 4 is 5.97 Å². The highest BCUT2D eigenvalue weighted by Crippen LogP contribution is 2.24. The van der Waals surface area contributed by atoms with Crippen LogP contribution in [0.25, 0.3) is 0 Å². The summed E-state index contributed by atoms with van der Waals surface area (Å²) in [6, 6.07) is 0. The third-order valence-corrected chi connectivity index (χ3v) is 2.82. The van der Waals surface area contributed by atoms with Crippen molar-refractivity contribution in [3.8, 4) is 5.75 Å². The van der Waals surface area contributed by atoms with Crippen LogP contribution in [-0.4, -0.2) is 38.2 Å². The molecule has 100 valence electrons. The van der Waals surface area contributed by atoms with E-state index in [1.165, 1.54) is 10.9 Å². The Morgan fingerprint density at radius 1 is 1.47 bits per heavy atom. The van der Waals surface area contributed by atoms with Gasteiger partial charge < -0.3 is 9.84 Å². The molecule has 0 bridgehead atoms. The molecule has 2 aromatic heterocycles. The number of aryl methyl sites for hydroxylation is 1. The topological polar surface area (TPSA) is 90.1 Å². The summed E-state index contributed by atoms with van der Waals surface area (Å²) in [5.74, 6) is -0.319. The van der Waals surface area contributed by atoms with Gasteiger partial charge in [-0.2, -0.15) is 0 Å². The Balaban J connectivity index is 2.30. The summed E-state index contributed by atoms with van der Waals surface area (Å²) in [6.07, 6.45) is 3.09. The zero-order valence-corrected chi connectivity index (χ0v) is 10.9. The van der Waals surface area contributed by atoms with Crippen LogP contribution < -0.4 is 4.74 Å². The highest BCUT2D eigenvalue weighted by molar-refractivity contribution is 5.84. The zero-order valence-electron chi connectivity index (χ0n) is 10.9. The molecule has 2 heterocycles. The Hall–Kier alpha value is -2.44. The molecule has 2 rings (SSSR count). The molecule has 1 N–H and O–H groups in total. The third-order valence-electron chi connectivity index (χ3n) is 2.82. The van der Waals surface area contributed by atoms with Crippen molar-refractivity contribution in [2.45, 2.75) is 20.4 Å². The second-order valence-electron chi connectivity index (χ2n) is 4.15. The van der Waals surface area contributed by atoms with E-state index in [0.717, 1.165) is 22.6 Å². The molecule has 0 aliphatic rings. The van der Waals surface area contributed by atoms with Gasteiger partial charge in [-0.05, 0) is 13.8 Å². The summed E-state index contributed by atoms with van der Waals surface area (Å²) in [5, 5.41) is 16.1. The molecule has 0 saturated carbocycles. The molecule has 0 unspecified atom stereocenters. The number of carboxylic acid groups (broad SMARTS) is 1. The number of aromatic nitrogens is 4. The van der Waals surface area contributed by atoms with E-state index < -0.39 is 5.97 Å². The maximum Gasteiger partial charge on any atom is 0.358 e. The molecule has 0 spiro atoms. The van der Waals surface area contributed by atoms with E-state index in [4.69, 9.17) is 9.84 Å². The van der Waals surface area contributed by atoms with Gasteiger partial charge in [-0.25, -0.2) is 9.48 Å². The van der Waals surface area contributed by atoms with E-state index in [1.54, 1.807) is 13.3 Å². The van der Waals surface area contributed by atoms with E-state index in [-0.39, 0.29) is 5.69 Å². The van der Waals surface area contributed by atoms with Crippen LogP contribution in [0.1, 0.15) is 27.3 Å². The first-order valence-corrected chi connectivity index (χ1v) is 5.65. The number of nitrogens with zero attached hydrogens (tertiary/aromatic N) is 4. The molecule has 0 atom stereocenters. The second kappa shape index (κ2) is 5.05. The highest BCUT2D eigenvalue weighted by Gasteiger charge is 2.12. The van der Waals surface area contributed by atoms with Crippen LogP contribution >= 0.6 is 0 Å². The predicted octanol–water partition coefficient (Wildman–Crippen LogP) is 1.05. The monoisotopic (exact) mass is 262 g/mol. The van der Waals surface area contributed by atoms with Gasteiger partial charge in [0.15, 0.2) is 5.69 Å². The lowest BCUT2D eigenvalue weighted by molar-refractivity contribution is 0.0690. The van der Waals surface area contributed by atoms with Gasteiger partial charge in [-0.15, -0.1) is 5.10 Å². The predicted molar refractivity (Wildman–Crippen MR) is 66.3 cm³/mol. The van der Waals surface area contributed by atoms with E-state index in [9.17, 15) is 4.79 Å². The third kappa shape index (κ3) is 2.54. The first kappa shape index (κ1) is 13.0. The summed E-state index contributed by atoms with van der Waals surface area (Å²) >= 11 is 0. The number of methoxy groups -OCH3 is 1. The summed E-state index contributed by atoms with van der Waals surface area (Å²) in [7, 11) is 1.61. The van der Waals surface area contributed by atoms with Crippen LogP contribution in [-0.2, 0) is 6.54 Å². The van der Waals surface area contributed by atoms with Gasteiger partial charge in [0.05, 0.1) is 25.5 Å². The van der Waals surface area contributed by atoms with Gasteiger partial charge in [0.25, 0.3) is 0 Å². The number of hydrogen-bond acceptors (Lipinski definition) is 5. The molecule has 7 heteroatoms. The fourth-order valence-corrected chi connectivity index (χ4v) is 1.86. The van der Waals surface area contributed by atoms with Gasteiger partial charge in [-0.3, -0.25) is 4.98 Å². The minimum atomic E-state index is -1.10. The fraction of sp³-hybridized carbons (Fsp3) is 0.333. The molecule has 7 nitrogen and oxygen atoms in total. The molecule has 0 aliphatic carbocycles. The van der Waals surface area contributed by atoms with Crippen LogP contribution in [0.4, 0.5) is 0 Å². The minimum Gasteiger partial charge on any atom is -0.496 e. The van der Waals surface area contributed by atoms with Crippen molar-refractivity contribution in [3.05, 3.63) is 34.9 Å². The minimum absolute atomic E-state index is 0.0864. The van der Waals surface area contributed by atoms with Gasteiger partial charge >= 0.3 is 5.97 Å². The molecule has 0 aromatic carbocycles. The van der Waals surface area contributed by atoms with Crippen LogP contribution in [0.15, 0.2) is 12.4 Å². The van der Waals surface area contributed by atoms with Crippen molar-refractivity contribution in [2.75, 3.05) is 7.11 Å². The number of carbonyl (C=O) groups is 1. The smallest absolute Gasteiger partial charge is 0.358 e. The lowest BCUT2D eigenvalue weighted by Crippen LogP contribution is -2.06. The van der Waals surface area contributed by atoms with Crippen molar-refractivity contribution in [1.29, 1.82) is 0 Å². The number of rotatable bonds is 4. The molecular weight excluding hydrogens is 248 g/mol. The molecular formula is C12H14N4O3. The number of carboxylic acids is 1. The van der Waals surface area contributed by atoms with Crippen molar-refractivity contribution in [3.63, 3.8) is 0 Å². The highest BCUT2D eigenvalue weighted by atomic mass is 16.5. The maximum absolute atomic E-state index is 10.7. The van der Waals surface area contributed by atoms with E-state index in [2.05, 4.69) is 15.3 Å². The number of aromatic carboxylic acids is 1. The zero-order chi connectivity index (χ0) is 14.0. The standard InChI is InChI=1S/C12H14N4O3/c1-7-4-13-9(8(2)11(7)19-3)5-16-6-10(12(17)18)14-15-16/h4,6H,5H2,1-3H3,(H,17,18). The van der Waals surface area contributed by atoms with Crippen molar-refractivity contribution in [2.24, 2.45) is 0 Å². The lowest BCUT2D eigenvalue weighted by Gasteiger charge is -2.11. The van der Waals surface area contributed by atoms with Gasteiger partial charge in [0, 0.05) is 17.3 Å². The largest absolute Gasteiger partial charge is 0.496 e. The quantitative estimate of drug-likeness (QED) is 0.885. The van der Waals surface area contributed by atoms with Crippen LogP contribution in [0.2, 0.25) is 0 Å². The fourth-order valence-electron chi connectivity index (χ4n) is 1.86. The number of pyridine rings is 1. The summed E-state index contributed by atoms with van der Waals surface area (Å²) in [4.78, 5) is 15.0. The normalized spacial score (nSPS) is 10.5. The van der Waals surface area contributed by atoms with E-state index in [1.807, 2.05) is 13.8 Å². The Morgan fingerprint density at radius 2 is 2.21 bits per heavy atom. The van der Waals surface area contributed by atoms with Crippen LogP contribution in [0.5, 0.6) is 5.75 Å². The molecule has 2 aromatic rings. The Bertz CT molecular complexity index is 621. The lowest BCUT2D eigenvalue weighted by atomic mass is 10.1. The molecule has 0 saturated heterocycles. The van der Waals surface area contributed by atoms with Gasteiger partial charge in [0.2, 0.25) is 0 Å². The van der Waals surface area contributed by atoms with Gasteiger partial charge in [0.1, 0.15) is 5.75 Å². The van der Waals surface area contributed by atoms with Crippen molar-refractivity contribution in [1.82, 2.24) is 20.0 Å². The first-order valence-electron chi connectivity index (χ1n) is 5.65. The number of ether oxygens (including phenoxy) is 1. The SMILES string of the molecule is COc1c(C)cnc(Cn2cc(C(=O)O)nn2)c1C. The first-order chi connectivity index (χ1) is 9.02. The average Bonchev–Trinajstić information content (AvgIpc) is 2.82. The Kier molecular flexibility index (Phi) is 3.46. The van der Waals surface area contributed by atoms with Crippen LogP contribution in [0, 0.1) is 13.8 Å². The second-order valence-corrected chi connectivity index (χ2v) is 4.15. The maximum atomic E-state index is 10.7. The molecule has 19 heavy (non-hydrogen) atoms. The van der Waals surface area contributed by atoms with E-state index >= 15 is 0 Å². The number of hydrogen-bond donors (Lipinski definition) is 1. The van der Waals surface area contributed by atoms with Crippen LogP contribution in [0.3, 0.4) is 0 Å². The summed E-state index contributed by atoms with van der Waals surface area (Å²) in [5.41, 5.74) is 2.55. The molecule has 0 aliphatic heterocycles. The molecule has 0 amide bonds. The molecule has 0 fully saturated rings. The van der Waals surface area contributed by atoms with E-state index in [0.29, 0.717) is 6.54 Å². The Labute approximate surface area is 109 Å². The summed E-state index contributed by atoms with van der Waals surface area (Å²) in [6.45, 7) is 4.17. The van der Waals surface area contributed by atoms with Gasteiger partial charge in [-0.1, -0.05) is 5.21 Å². The Morgan fingerprint density at radius 3 is 2.79 bits per heavy atom. The van der Waals surface area contributed by atoms with Crippen molar-refractivity contribution < 1.29 is 14.6 Å². The average molecular weight is 262 g/mol. The molecule has 0 radical (unpaired) electrons. The summed E-state index contributed by atoms with van der Waals surface area (Å²) < 4.78 is 6.76.